The second kappa shape index (κ2) is 5.48. The van der Waals surface area contributed by atoms with Gasteiger partial charge in [0, 0.05) is 23.2 Å². The third kappa shape index (κ3) is 2.39. The van der Waals surface area contributed by atoms with Gasteiger partial charge >= 0.3 is 0 Å². The van der Waals surface area contributed by atoms with Gasteiger partial charge in [0.15, 0.2) is 0 Å². The highest BCUT2D eigenvalue weighted by Gasteiger charge is 2.16. The fourth-order valence-corrected chi connectivity index (χ4v) is 2.22. The number of rotatable bonds is 3. The van der Waals surface area contributed by atoms with Crippen molar-refractivity contribution in [3.8, 4) is 5.75 Å². The molecule has 0 aliphatic rings. The lowest BCUT2D eigenvalue weighted by atomic mass is 10.1. The van der Waals surface area contributed by atoms with Crippen molar-refractivity contribution in [2.24, 2.45) is 0 Å². The molecular weight excluding hydrogens is 290 g/mol. The van der Waals surface area contributed by atoms with Gasteiger partial charge in [-0.05, 0) is 24.3 Å². The number of halogens is 2. The maximum atomic E-state index is 13.6. The predicted molar refractivity (Wildman–Crippen MR) is 79.2 cm³/mol. The van der Waals surface area contributed by atoms with Gasteiger partial charge in [-0.2, -0.15) is 0 Å². The van der Waals surface area contributed by atoms with Gasteiger partial charge in [0.05, 0.1) is 12.7 Å². The number of amides is 1. The van der Waals surface area contributed by atoms with E-state index < -0.39 is 23.2 Å². The summed E-state index contributed by atoms with van der Waals surface area (Å²) < 4.78 is 32.3. The Morgan fingerprint density at radius 1 is 1.18 bits per heavy atom. The number of para-hydroxylation sites is 1. The van der Waals surface area contributed by atoms with Crippen LogP contribution in [0.2, 0.25) is 0 Å². The van der Waals surface area contributed by atoms with E-state index in [-0.39, 0.29) is 0 Å². The Hall–Kier alpha value is -2.89. The Balaban J connectivity index is 1.96. The number of methoxy groups -OCH3 is 1. The van der Waals surface area contributed by atoms with Crippen molar-refractivity contribution in [1.29, 1.82) is 0 Å². The fourth-order valence-electron chi connectivity index (χ4n) is 2.22. The Kier molecular flexibility index (Phi) is 3.50. The van der Waals surface area contributed by atoms with E-state index in [9.17, 15) is 13.6 Å². The van der Waals surface area contributed by atoms with E-state index in [1.54, 1.807) is 25.3 Å². The molecule has 0 fully saturated rings. The first-order valence-corrected chi connectivity index (χ1v) is 6.50. The molecule has 0 atom stereocenters. The van der Waals surface area contributed by atoms with Crippen LogP contribution in [0.15, 0.2) is 42.6 Å². The minimum Gasteiger partial charge on any atom is -0.497 e. The van der Waals surface area contributed by atoms with Gasteiger partial charge in [-0.25, -0.2) is 8.78 Å². The highest BCUT2D eigenvalue weighted by molar-refractivity contribution is 6.13. The summed E-state index contributed by atoms with van der Waals surface area (Å²) >= 11 is 0. The molecule has 2 aromatic carbocycles. The smallest absolute Gasteiger partial charge is 0.257 e. The van der Waals surface area contributed by atoms with Gasteiger partial charge in [-0.15, -0.1) is 0 Å². The first-order chi connectivity index (χ1) is 10.6. The topological polar surface area (TPSA) is 54.1 Å². The minimum atomic E-state index is -0.824. The number of fused-ring (bicyclic) bond motifs is 1. The van der Waals surface area contributed by atoms with E-state index >= 15 is 0 Å². The van der Waals surface area contributed by atoms with Gasteiger partial charge < -0.3 is 15.0 Å². The number of hydrogen-bond donors (Lipinski definition) is 2. The van der Waals surface area contributed by atoms with Crippen LogP contribution in [0.3, 0.4) is 0 Å². The Bertz CT molecular complexity index is 838. The van der Waals surface area contributed by atoms with Crippen molar-refractivity contribution < 1.29 is 18.3 Å². The normalized spacial score (nSPS) is 10.7. The molecule has 6 heteroatoms. The van der Waals surface area contributed by atoms with E-state index in [1.807, 2.05) is 0 Å². The highest BCUT2D eigenvalue weighted by Crippen LogP contribution is 2.25. The number of ether oxygens (including phenoxy) is 1. The average molecular weight is 302 g/mol. The van der Waals surface area contributed by atoms with E-state index in [2.05, 4.69) is 10.3 Å². The van der Waals surface area contributed by atoms with Crippen LogP contribution >= 0.6 is 0 Å². The minimum absolute atomic E-state index is 0.292. The first kappa shape index (κ1) is 14.1. The van der Waals surface area contributed by atoms with Gasteiger partial charge in [-0.1, -0.05) is 6.07 Å². The summed E-state index contributed by atoms with van der Waals surface area (Å²) in [4.78, 5) is 15.2. The van der Waals surface area contributed by atoms with Gasteiger partial charge in [-0.3, -0.25) is 4.79 Å². The van der Waals surface area contributed by atoms with Crippen molar-refractivity contribution in [2.45, 2.75) is 0 Å². The van der Waals surface area contributed by atoms with Crippen molar-refractivity contribution in [1.82, 2.24) is 4.98 Å². The van der Waals surface area contributed by atoms with Crippen LogP contribution in [0.4, 0.5) is 14.5 Å². The van der Waals surface area contributed by atoms with Crippen molar-refractivity contribution >= 4 is 22.5 Å². The molecule has 22 heavy (non-hydrogen) atoms. The molecule has 0 saturated carbocycles. The van der Waals surface area contributed by atoms with Crippen LogP contribution in [-0.4, -0.2) is 18.0 Å². The molecule has 0 saturated heterocycles. The molecule has 0 bridgehead atoms. The second-order valence-electron chi connectivity index (χ2n) is 4.66. The molecule has 1 amide bonds. The number of nitrogens with one attached hydrogen (secondary N) is 2. The zero-order valence-electron chi connectivity index (χ0n) is 11.6. The zero-order chi connectivity index (χ0) is 15.7. The third-order valence-electron chi connectivity index (χ3n) is 3.33. The van der Waals surface area contributed by atoms with Crippen molar-refractivity contribution in [3.63, 3.8) is 0 Å². The van der Waals surface area contributed by atoms with Gasteiger partial charge in [0.25, 0.3) is 5.91 Å². The molecule has 0 spiro atoms. The van der Waals surface area contributed by atoms with Gasteiger partial charge in [0.1, 0.15) is 23.1 Å². The van der Waals surface area contributed by atoms with Crippen LogP contribution in [0, 0.1) is 11.6 Å². The Morgan fingerprint density at radius 2 is 1.91 bits per heavy atom. The molecule has 0 aliphatic heterocycles. The lowest BCUT2D eigenvalue weighted by molar-refractivity contribution is 0.102. The fraction of sp³-hybridized carbons (Fsp3) is 0.0625. The molecule has 1 aromatic heterocycles. The number of carbonyl (C=O) groups is 1. The molecule has 4 nitrogen and oxygen atoms in total. The quantitative estimate of drug-likeness (QED) is 0.775. The number of hydrogen-bond acceptors (Lipinski definition) is 2. The van der Waals surface area contributed by atoms with Crippen molar-refractivity contribution in [3.05, 3.63) is 59.8 Å². The van der Waals surface area contributed by atoms with E-state index in [0.717, 1.165) is 12.1 Å². The summed E-state index contributed by atoms with van der Waals surface area (Å²) in [5.74, 6) is -1.61. The molecule has 1 heterocycles. The summed E-state index contributed by atoms with van der Waals surface area (Å²) in [5, 5.41) is 2.90. The lowest BCUT2D eigenvalue weighted by Gasteiger charge is -2.07. The van der Waals surface area contributed by atoms with Crippen LogP contribution in [-0.2, 0) is 0 Å². The zero-order valence-corrected chi connectivity index (χ0v) is 11.6. The number of benzene rings is 2. The number of carbonyl (C=O) groups excluding carboxylic acids is 1. The highest BCUT2D eigenvalue weighted by atomic mass is 19.1. The Labute approximate surface area is 124 Å². The van der Waals surface area contributed by atoms with Crippen molar-refractivity contribution in [2.75, 3.05) is 12.4 Å². The number of aromatic amines is 1. The summed E-state index contributed by atoms with van der Waals surface area (Å²) in [7, 11) is 1.54. The van der Waals surface area contributed by atoms with Crippen LogP contribution in [0.1, 0.15) is 10.4 Å². The maximum absolute atomic E-state index is 13.6. The standard InChI is InChI=1S/C16H12F2N2O2/c1-22-9-5-6-10-11(8-19-14(10)7-9)16(21)20-15-12(17)3-2-4-13(15)18/h2-8,19H,1H3,(H,20,21). The number of H-pyrrole nitrogens is 1. The van der Waals surface area contributed by atoms with E-state index in [1.165, 1.54) is 12.3 Å². The SMILES string of the molecule is COc1ccc2c(C(=O)Nc3c(F)cccc3F)c[nH]c2c1. The van der Waals surface area contributed by atoms with Crippen LogP contribution in [0.25, 0.3) is 10.9 Å². The molecule has 0 radical (unpaired) electrons. The molecule has 2 N–H and O–H groups in total. The van der Waals surface area contributed by atoms with Gasteiger partial charge in [0.2, 0.25) is 0 Å². The number of aromatic nitrogens is 1. The lowest BCUT2D eigenvalue weighted by Crippen LogP contribution is -2.13. The first-order valence-electron chi connectivity index (χ1n) is 6.50. The summed E-state index contributed by atoms with van der Waals surface area (Å²) in [6.45, 7) is 0. The summed E-state index contributed by atoms with van der Waals surface area (Å²) in [6, 6.07) is 8.54. The molecule has 112 valence electrons. The molecule has 0 unspecified atom stereocenters. The van der Waals surface area contributed by atoms with E-state index in [4.69, 9.17) is 4.74 Å². The summed E-state index contributed by atoms with van der Waals surface area (Å²) in [5.41, 5.74) is 0.522. The number of anilines is 1. The second-order valence-corrected chi connectivity index (χ2v) is 4.66. The molecule has 3 rings (SSSR count). The maximum Gasteiger partial charge on any atom is 0.257 e. The molecule has 3 aromatic rings. The molecular formula is C16H12F2N2O2. The summed E-state index contributed by atoms with van der Waals surface area (Å²) in [6.07, 6.45) is 1.48. The monoisotopic (exact) mass is 302 g/mol. The van der Waals surface area contributed by atoms with Crippen LogP contribution < -0.4 is 10.1 Å². The largest absolute Gasteiger partial charge is 0.497 e. The predicted octanol–water partition coefficient (Wildman–Crippen LogP) is 3.71. The third-order valence-corrected chi connectivity index (χ3v) is 3.33. The average Bonchev–Trinajstić information content (AvgIpc) is 2.94. The Morgan fingerprint density at radius 3 is 2.59 bits per heavy atom. The molecule has 0 aliphatic carbocycles. The van der Waals surface area contributed by atoms with E-state index in [0.29, 0.717) is 22.2 Å². The van der Waals surface area contributed by atoms with Crippen LogP contribution in [0.5, 0.6) is 5.75 Å².